The van der Waals surface area contributed by atoms with Crippen molar-refractivity contribution in [2.45, 2.75) is 20.4 Å². The molecule has 3 aromatic carbocycles. The molecule has 0 aliphatic heterocycles. The second-order valence-electron chi connectivity index (χ2n) is 6.48. The van der Waals surface area contributed by atoms with Crippen molar-refractivity contribution in [3.8, 4) is 0 Å². The molecule has 0 fully saturated rings. The average Bonchev–Trinajstić information content (AvgIpc) is 2.98. The van der Waals surface area contributed by atoms with Crippen LogP contribution in [0, 0.1) is 6.92 Å². The molecule has 1 aromatic heterocycles. The Kier molecular flexibility index (Phi) is 4.50. The molecule has 2 N–H and O–H groups in total. The normalized spacial score (nSPS) is 11.1. The van der Waals surface area contributed by atoms with Gasteiger partial charge in [0.2, 0.25) is 0 Å². The van der Waals surface area contributed by atoms with E-state index in [0.29, 0.717) is 10.7 Å². The number of aryl methyl sites for hydroxylation is 1. The second-order valence-corrected chi connectivity index (χ2v) is 6.89. The van der Waals surface area contributed by atoms with Gasteiger partial charge in [0.25, 0.3) is 0 Å². The molecule has 0 aliphatic rings. The summed E-state index contributed by atoms with van der Waals surface area (Å²) in [6.07, 6.45) is 0. The molecule has 4 rings (SSSR count). The van der Waals surface area contributed by atoms with Gasteiger partial charge in [0, 0.05) is 44.7 Å². The largest absolute Gasteiger partial charge is 0.341 e. The summed E-state index contributed by atoms with van der Waals surface area (Å²) in [6, 6.07) is 19.5. The van der Waals surface area contributed by atoms with Crippen molar-refractivity contribution in [1.82, 2.24) is 4.57 Å². The molecule has 136 valence electrons. The molecule has 0 atom stereocenters. The minimum absolute atomic E-state index is 0.293. The predicted molar refractivity (Wildman–Crippen MR) is 114 cm³/mol. The Balaban J connectivity index is 1.65. The maximum Gasteiger partial charge on any atom is 0.323 e. The van der Waals surface area contributed by atoms with Gasteiger partial charge in [-0.05, 0) is 55.8 Å². The van der Waals surface area contributed by atoms with Gasteiger partial charge in [0.1, 0.15) is 0 Å². The van der Waals surface area contributed by atoms with Crippen molar-refractivity contribution >= 4 is 50.8 Å². The second kappa shape index (κ2) is 6.97. The highest BCUT2D eigenvalue weighted by Gasteiger charge is 2.11. The summed E-state index contributed by atoms with van der Waals surface area (Å²) in [7, 11) is 0. The number of rotatable bonds is 3. The molecule has 4 aromatic rings. The summed E-state index contributed by atoms with van der Waals surface area (Å²) >= 11 is 6.12. The number of hydrogen-bond donors (Lipinski definition) is 2. The van der Waals surface area contributed by atoms with Crippen LogP contribution in [0.1, 0.15) is 12.5 Å². The van der Waals surface area contributed by atoms with E-state index in [0.717, 1.165) is 28.7 Å². The van der Waals surface area contributed by atoms with Crippen LogP contribution in [-0.4, -0.2) is 10.6 Å². The van der Waals surface area contributed by atoms with E-state index in [1.165, 1.54) is 10.9 Å². The van der Waals surface area contributed by atoms with Gasteiger partial charge in [-0.1, -0.05) is 35.9 Å². The number of nitrogens with one attached hydrogen (secondary N) is 2. The predicted octanol–water partition coefficient (Wildman–Crippen LogP) is 6.42. The quantitative estimate of drug-likeness (QED) is 0.425. The number of hydrogen-bond acceptors (Lipinski definition) is 1. The Hall–Kier alpha value is -2.98. The first-order chi connectivity index (χ1) is 13.1. The van der Waals surface area contributed by atoms with Crippen LogP contribution in [-0.2, 0) is 6.54 Å². The van der Waals surface area contributed by atoms with Gasteiger partial charge in [0.05, 0.1) is 0 Å². The van der Waals surface area contributed by atoms with Crippen molar-refractivity contribution in [3.05, 3.63) is 71.2 Å². The van der Waals surface area contributed by atoms with Crippen LogP contribution in [0.25, 0.3) is 21.8 Å². The van der Waals surface area contributed by atoms with Crippen molar-refractivity contribution in [2.24, 2.45) is 0 Å². The van der Waals surface area contributed by atoms with Crippen LogP contribution in [0.3, 0.4) is 0 Å². The Morgan fingerprint density at radius 1 is 0.963 bits per heavy atom. The number of anilines is 2. The Morgan fingerprint density at radius 3 is 2.56 bits per heavy atom. The first-order valence-corrected chi connectivity index (χ1v) is 9.30. The van der Waals surface area contributed by atoms with Gasteiger partial charge < -0.3 is 15.2 Å². The minimum Gasteiger partial charge on any atom is -0.341 e. The number of nitrogens with zero attached hydrogens (tertiary/aromatic N) is 1. The molecule has 0 aliphatic carbocycles. The smallest absolute Gasteiger partial charge is 0.323 e. The lowest BCUT2D eigenvalue weighted by Crippen LogP contribution is -2.19. The minimum atomic E-state index is -0.293. The van der Waals surface area contributed by atoms with Gasteiger partial charge in [-0.2, -0.15) is 0 Å². The lowest BCUT2D eigenvalue weighted by molar-refractivity contribution is 0.262. The number of halogens is 1. The van der Waals surface area contributed by atoms with E-state index < -0.39 is 0 Å². The molecule has 5 heteroatoms. The van der Waals surface area contributed by atoms with Crippen LogP contribution in [0.5, 0.6) is 0 Å². The Bertz CT molecular complexity index is 1160. The molecule has 27 heavy (non-hydrogen) atoms. The van der Waals surface area contributed by atoms with Crippen LogP contribution < -0.4 is 10.6 Å². The van der Waals surface area contributed by atoms with Gasteiger partial charge in [-0.3, -0.25) is 0 Å². The van der Waals surface area contributed by atoms with Crippen LogP contribution in [0.2, 0.25) is 5.02 Å². The molecule has 4 nitrogen and oxygen atoms in total. The fourth-order valence-electron chi connectivity index (χ4n) is 3.50. The highest BCUT2D eigenvalue weighted by molar-refractivity contribution is 6.31. The maximum absolute atomic E-state index is 12.4. The van der Waals surface area contributed by atoms with E-state index in [1.807, 2.05) is 43.3 Å². The molecule has 0 saturated carbocycles. The molecular weight excluding hydrogens is 358 g/mol. The summed E-state index contributed by atoms with van der Waals surface area (Å²) < 4.78 is 2.28. The number of aromatic nitrogens is 1. The highest BCUT2D eigenvalue weighted by Crippen LogP contribution is 2.31. The van der Waals surface area contributed by atoms with E-state index in [4.69, 9.17) is 11.6 Å². The molecular formula is C22H20ClN3O. The molecule has 2 amide bonds. The summed E-state index contributed by atoms with van der Waals surface area (Å²) in [5.74, 6) is 0. The monoisotopic (exact) mass is 377 g/mol. The van der Waals surface area contributed by atoms with Crippen LogP contribution >= 0.6 is 11.6 Å². The van der Waals surface area contributed by atoms with Crippen molar-refractivity contribution < 1.29 is 4.79 Å². The topological polar surface area (TPSA) is 46.1 Å². The first-order valence-electron chi connectivity index (χ1n) is 8.92. The third-order valence-corrected chi connectivity index (χ3v) is 5.27. The number of urea groups is 1. The number of benzene rings is 3. The van der Waals surface area contributed by atoms with E-state index >= 15 is 0 Å². The SMILES string of the molecule is CCn1c2ccccc2c2cc(NC(=O)Nc3cccc(Cl)c3C)ccc21. The van der Waals surface area contributed by atoms with E-state index in [1.54, 1.807) is 6.07 Å². The van der Waals surface area contributed by atoms with Crippen LogP contribution in [0.15, 0.2) is 60.7 Å². The fourth-order valence-corrected chi connectivity index (χ4v) is 3.67. The zero-order valence-corrected chi connectivity index (χ0v) is 16.0. The third-order valence-electron chi connectivity index (χ3n) is 4.86. The average molecular weight is 378 g/mol. The molecule has 0 unspecified atom stereocenters. The summed E-state index contributed by atoms with van der Waals surface area (Å²) in [5.41, 5.74) is 4.65. The zero-order valence-electron chi connectivity index (χ0n) is 15.2. The number of amides is 2. The molecule has 0 saturated heterocycles. The lowest BCUT2D eigenvalue weighted by Gasteiger charge is -2.11. The Morgan fingerprint density at radius 2 is 1.74 bits per heavy atom. The number of carbonyl (C=O) groups excluding carboxylic acids is 1. The van der Waals surface area contributed by atoms with E-state index in [-0.39, 0.29) is 6.03 Å². The van der Waals surface area contributed by atoms with Crippen molar-refractivity contribution in [3.63, 3.8) is 0 Å². The Labute approximate surface area is 162 Å². The first kappa shape index (κ1) is 17.4. The maximum atomic E-state index is 12.4. The molecule has 0 radical (unpaired) electrons. The van der Waals surface area contributed by atoms with Gasteiger partial charge in [0.15, 0.2) is 0 Å². The number of fused-ring (bicyclic) bond motifs is 3. The summed E-state index contributed by atoms with van der Waals surface area (Å²) in [6.45, 7) is 4.91. The molecule has 0 bridgehead atoms. The summed E-state index contributed by atoms with van der Waals surface area (Å²) in [4.78, 5) is 12.4. The van der Waals surface area contributed by atoms with Gasteiger partial charge in [-0.15, -0.1) is 0 Å². The lowest BCUT2D eigenvalue weighted by atomic mass is 10.1. The summed E-state index contributed by atoms with van der Waals surface area (Å²) in [5, 5.41) is 8.72. The fraction of sp³-hybridized carbons (Fsp3) is 0.136. The third kappa shape index (κ3) is 3.13. The zero-order chi connectivity index (χ0) is 19.0. The highest BCUT2D eigenvalue weighted by atomic mass is 35.5. The molecule has 1 heterocycles. The number of carbonyl (C=O) groups is 1. The van der Waals surface area contributed by atoms with E-state index in [9.17, 15) is 4.79 Å². The van der Waals surface area contributed by atoms with E-state index in [2.05, 4.69) is 40.3 Å². The number of para-hydroxylation sites is 1. The van der Waals surface area contributed by atoms with Crippen molar-refractivity contribution in [1.29, 1.82) is 0 Å². The van der Waals surface area contributed by atoms with Crippen LogP contribution in [0.4, 0.5) is 16.2 Å². The molecule has 0 spiro atoms. The van der Waals surface area contributed by atoms with Crippen molar-refractivity contribution in [2.75, 3.05) is 10.6 Å². The van der Waals surface area contributed by atoms with Gasteiger partial charge >= 0.3 is 6.03 Å². The standard InChI is InChI=1S/C22H20ClN3O/c1-3-26-20-10-5-4-7-16(20)17-13-15(11-12-21(17)26)24-22(27)25-19-9-6-8-18(23)14(19)2/h4-13H,3H2,1-2H3,(H2,24,25,27). The van der Waals surface area contributed by atoms with Gasteiger partial charge in [-0.25, -0.2) is 4.79 Å².